The van der Waals surface area contributed by atoms with Crippen molar-refractivity contribution in [3.63, 3.8) is 0 Å². The second-order valence-electron chi connectivity index (χ2n) is 15.3. The molecule has 0 saturated heterocycles. The quantitative estimate of drug-likeness (QED) is 0.0548. The Labute approximate surface area is 357 Å². The topological polar surface area (TPSA) is 293 Å². The van der Waals surface area contributed by atoms with Gasteiger partial charge in [0, 0.05) is 94.6 Å². The molecule has 4 amide bonds. The van der Waals surface area contributed by atoms with Gasteiger partial charge in [-0.3, -0.25) is 33.6 Å². The smallest absolute Gasteiger partial charge is 0.271 e. The summed E-state index contributed by atoms with van der Waals surface area (Å²) in [6, 6.07) is 3.30. The zero-order valence-corrected chi connectivity index (χ0v) is 35.0. The summed E-state index contributed by atoms with van der Waals surface area (Å²) in [5, 5.41) is 61.9. The highest BCUT2D eigenvalue weighted by Gasteiger charge is 2.34. The van der Waals surface area contributed by atoms with E-state index in [4.69, 9.17) is 4.74 Å². The second-order valence-corrected chi connectivity index (χ2v) is 15.3. The van der Waals surface area contributed by atoms with Gasteiger partial charge in [-0.1, -0.05) is 19.3 Å². The van der Waals surface area contributed by atoms with Gasteiger partial charge >= 0.3 is 0 Å². The van der Waals surface area contributed by atoms with Crippen LogP contribution in [0.4, 0.5) is 0 Å². The van der Waals surface area contributed by atoms with Crippen LogP contribution in [0.5, 0.6) is 17.2 Å². The zero-order chi connectivity index (χ0) is 45.2. The molecule has 0 radical (unpaired) electrons. The van der Waals surface area contributed by atoms with E-state index in [0.717, 1.165) is 37.5 Å². The van der Waals surface area contributed by atoms with Gasteiger partial charge in [-0.15, -0.1) is 0 Å². The lowest BCUT2D eigenvalue weighted by Crippen LogP contribution is -2.52. The molecule has 1 fully saturated rings. The molecule has 0 unspecified atom stereocenters. The summed E-state index contributed by atoms with van der Waals surface area (Å²) in [5.41, 5.74) is -4.12. The molecule has 3 heterocycles. The first-order valence-electron chi connectivity index (χ1n) is 20.9. The lowest BCUT2D eigenvalue weighted by atomic mass is 9.81. The van der Waals surface area contributed by atoms with Crippen molar-refractivity contribution in [1.82, 2.24) is 35.0 Å². The van der Waals surface area contributed by atoms with Gasteiger partial charge in [-0.05, 0) is 51.4 Å². The first-order chi connectivity index (χ1) is 29.8. The number of nitrogens with one attached hydrogen (secondary N) is 4. The van der Waals surface area contributed by atoms with Gasteiger partial charge in [0.05, 0.1) is 19.8 Å². The van der Waals surface area contributed by atoms with Gasteiger partial charge in [-0.2, -0.15) is 0 Å². The molecular weight excluding hydrogens is 810 g/mol. The van der Waals surface area contributed by atoms with Crippen molar-refractivity contribution in [3.05, 3.63) is 84.5 Å². The molecule has 4 rings (SSSR count). The van der Waals surface area contributed by atoms with E-state index in [2.05, 4.69) is 21.3 Å². The van der Waals surface area contributed by atoms with E-state index >= 15 is 0 Å². The Hall–Kier alpha value is -5.99. The third-order valence-electron chi connectivity index (χ3n) is 11.0. The number of aromatic hydroxyl groups is 3. The number of aromatic nitrogens is 3. The number of pyridine rings is 3. The Morgan fingerprint density at radius 3 is 1.35 bits per heavy atom. The van der Waals surface area contributed by atoms with Crippen molar-refractivity contribution in [1.29, 1.82) is 0 Å². The van der Waals surface area contributed by atoms with Crippen molar-refractivity contribution < 1.29 is 49.4 Å². The van der Waals surface area contributed by atoms with Crippen LogP contribution in [0.2, 0.25) is 0 Å². The van der Waals surface area contributed by atoms with Gasteiger partial charge in [0.15, 0.2) is 34.3 Å². The molecular formula is C42H59N7O13. The summed E-state index contributed by atoms with van der Waals surface area (Å²) in [4.78, 5) is 90.6. The van der Waals surface area contributed by atoms with Crippen molar-refractivity contribution >= 4 is 23.6 Å². The minimum atomic E-state index is -0.980. The van der Waals surface area contributed by atoms with Crippen molar-refractivity contribution in [3.8, 4) is 17.2 Å². The number of nitrogens with zero attached hydrogens (tertiary/aromatic N) is 3. The van der Waals surface area contributed by atoms with E-state index in [1.54, 1.807) is 0 Å². The molecule has 0 bridgehead atoms. The van der Waals surface area contributed by atoms with E-state index in [1.165, 1.54) is 39.4 Å². The molecule has 0 aromatic carbocycles. The Morgan fingerprint density at radius 2 is 1.00 bits per heavy atom. The van der Waals surface area contributed by atoms with Crippen LogP contribution in [0.15, 0.2) is 51.2 Å². The third-order valence-corrected chi connectivity index (χ3v) is 11.0. The number of aliphatic hydroxyl groups excluding tert-OH is 2. The predicted octanol–water partition coefficient (Wildman–Crippen LogP) is 0.285. The summed E-state index contributed by atoms with van der Waals surface area (Å²) in [6.07, 6.45) is 9.85. The summed E-state index contributed by atoms with van der Waals surface area (Å²) in [6.45, 7) is -0.306. The Morgan fingerprint density at radius 1 is 0.629 bits per heavy atom. The number of hydrogen-bond acceptors (Lipinski definition) is 13. The number of rotatable bonds is 24. The van der Waals surface area contributed by atoms with E-state index < -0.39 is 56.8 Å². The SMILES string of the molecule is COCCn1ccc(=O)c(O)c1C(=O)NCCCC(CCCNC(=O)c1c(O)c(=O)ccn1CCO)(CCCNC(=O)c1c(O)c(=O)ccn1CCO)NC(=O)C1CCCCC1. The van der Waals surface area contributed by atoms with Crippen molar-refractivity contribution in [2.45, 2.75) is 95.8 Å². The van der Waals surface area contributed by atoms with Gasteiger partial charge in [0.2, 0.25) is 22.2 Å². The fraction of sp³-hybridized carbons (Fsp3) is 0.548. The maximum atomic E-state index is 14.0. The largest absolute Gasteiger partial charge is 0.503 e. The second kappa shape index (κ2) is 23.9. The number of amides is 4. The summed E-state index contributed by atoms with van der Waals surface area (Å²) in [5.74, 6) is -4.88. The molecule has 1 saturated carbocycles. The van der Waals surface area contributed by atoms with Crippen LogP contribution in [0.25, 0.3) is 0 Å². The Kier molecular flexibility index (Phi) is 18.7. The van der Waals surface area contributed by atoms with Gasteiger partial charge in [0.25, 0.3) is 17.7 Å². The van der Waals surface area contributed by atoms with Gasteiger partial charge < -0.3 is 65.2 Å². The molecule has 9 N–H and O–H groups in total. The van der Waals surface area contributed by atoms with Crippen LogP contribution < -0.4 is 37.6 Å². The number of carbonyl (C=O) groups is 4. The number of carbonyl (C=O) groups excluding carboxylic acids is 4. The fourth-order valence-corrected chi connectivity index (χ4v) is 7.80. The molecule has 0 atom stereocenters. The number of ether oxygens (including phenoxy) is 1. The standard InChI is InChI=1S/C42H59N7O13/c1-62-27-24-49-21-12-31(54)37(57)34(49)41(61)45-18-7-15-42(46-38(58)28-8-3-2-4-9-28,13-5-16-43-39(59)32-35(55)29(52)10-19-47(32)22-25-50)14-6-17-44-40(60)33-36(56)30(53)11-20-48(33)23-26-51/h10-12,19-21,28,50-51,55-57H,2-9,13-18,22-27H2,1H3,(H,43,59)(H,44,60)(H,45,61)(H,46,58). The first kappa shape index (κ1) is 48.7. The summed E-state index contributed by atoms with van der Waals surface area (Å²) < 4.78 is 9.02. The number of hydrogen-bond donors (Lipinski definition) is 9. The lowest BCUT2D eigenvalue weighted by molar-refractivity contribution is -0.128. The van der Waals surface area contributed by atoms with Crippen molar-refractivity contribution in [2.75, 3.05) is 46.6 Å². The summed E-state index contributed by atoms with van der Waals surface area (Å²) in [7, 11) is 1.47. The molecule has 1 aliphatic carbocycles. The van der Waals surface area contributed by atoms with Crippen LogP contribution in [-0.4, -0.2) is 115 Å². The van der Waals surface area contributed by atoms with E-state index in [1.807, 2.05) is 0 Å². The van der Waals surface area contributed by atoms with Crippen LogP contribution in [0.1, 0.15) is 102 Å². The maximum Gasteiger partial charge on any atom is 0.271 e. The molecule has 1 aliphatic rings. The van der Waals surface area contributed by atoms with Crippen molar-refractivity contribution in [2.24, 2.45) is 5.92 Å². The minimum Gasteiger partial charge on any atom is -0.503 e. The molecule has 20 nitrogen and oxygen atoms in total. The average Bonchev–Trinajstić information content (AvgIpc) is 3.26. The first-order valence-corrected chi connectivity index (χ1v) is 20.9. The van der Waals surface area contributed by atoms with Crippen LogP contribution in [-0.2, 0) is 29.2 Å². The average molecular weight is 870 g/mol. The molecule has 340 valence electrons. The van der Waals surface area contributed by atoms with E-state index in [0.29, 0.717) is 19.3 Å². The highest BCUT2D eigenvalue weighted by molar-refractivity contribution is 5.96. The van der Waals surface area contributed by atoms with E-state index in [9.17, 15) is 59.1 Å². The van der Waals surface area contributed by atoms with Crippen LogP contribution in [0.3, 0.4) is 0 Å². The number of methoxy groups -OCH3 is 1. The molecule has 3 aromatic rings. The van der Waals surface area contributed by atoms with Crippen LogP contribution >= 0.6 is 0 Å². The fourth-order valence-electron chi connectivity index (χ4n) is 7.80. The number of aliphatic hydroxyl groups is 2. The third kappa shape index (κ3) is 13.0. The van der Waals surface area contributed by atoms with Crippen LogP contribution in [0, 0.1) is 5.92 Å². The lowest BCUT2D eigenvalue weighted by Gasteiger charge is -2.37. The Balaban J connectivity index is 1.57. The molecule has 0 aliphatic heterocycles. The molecule has 62 heavy (non-hydrogen) atoms. The predicted molar refractivity (Wildman–Crippen MR) is 225 cm³/mol. The van der Waals surface area contributed by atoms with E-state index in [-0.39, 0.29) is 120 Å². The molecule has 3 aromatic heterocycles. The highest BCUT2D eigenvalue weighted by Crippen LogP contribution is 2.30. The Bertz CT molecular complexity index is 2100. The summed E-state index contributed by atoms with van der Waals surface area (Å²) >= 11 is 0. The van der Waals surface area contributed by atoms with Gasteiger partial charge in [0.1, 0.15) is 0 Å². The van der Waals surface area contributed by atoms with Gasteiger partial charge in [-0.25, -0.2) is 0 Å². The molecule has 0 spiro atoms. The maximum absolute atomic E-state index is 14.0. The highest BCUT2D eigenvalue weighted by atomic mass is 16.5. The normalized spacial score (nSPS) is 13.1. The molecule has 20 heteroatoms. The monoisotopic (exact) mass is 869 g/mol. The minimum absolute atomic E-state index is 0.0387. The zero-order valence-electron chi connectivity index (χ0n) is 35.0.